The van der Waals surface area contributed by atoms with Crippen LogP contribution in [-0.2, 0) is 0 Å². The van der Waals surface area contributed by atoms with Crippen molar-refractivity contribution < 1.29 is 14.3 Å². The van der Waals surface area contributed by atoms with Crippen LogP contribution in [0.3, 0.4) is 0 Å². The van der Waals surface area contributed by atoms with E-state index >= 15 is 0 Å². The van der Waals surface area contributed by atoms with Crippen LogP contribution < -0.4 is 9.47 Å². The zero-order chi connectivity index (χ0) is 15.2. The molecule has 2 rings (SSSR count). The van der Waals surface area contributed by atoms with Gasteiger partial charge in [0.2, 0.25) is 0 Å². The third-order valence-electron chi connectivity index (χ3n) is 2.99. The van der Waals surface area contributed by atoms with E-state index in [-0.39, 0.29) is 5.78 Å². The molecule has 0 aromatic heterocycles. The highest BCUT2D eigenvalue weighted by atomic mass is 79.9. The van der Waals surface area contributed by atoms with Crippen molar-refractivity contribution in [2.75, 3.05) is 13.7 Å². The molecule has 0 spiro atoms. The van der Waals surface area contributed by atoms with Crippen LogP contribution in [0.2, 0.25) is 0 Å². The first kappa shape index (κ1) is 15.6. The summed E-state index contributed by atoms with van der Waals surface area (Å²) in [5.74, 6) is 1.37. The van der Waals surface area contributed by atoms with E-state index in [2.05, 4.69) is 15.9 Å². The maximum atomic E-state index is 12.6. The molecule has 0 saturated carbocycles. The molecule has 3 nitrogen and oxygen atoms in total. The number of halogens is 1. The number of methoxy groups -OCH3 is 1. The second-order valence-corrected chi connectivity index (χ2v) is 5.41. The molecule has 0 saturated heterocycles. The van der Waals surface area contributed by atoms with E-state index in [1.807, 2.05) is 19.1 Å². The highest BCUT2D eigenvalue weighted by Crippen LogP contribution is 2.26. The summed E-state index contributed by atoms with van der Waals surface area (Å²) in [4.78, 5) is 12.6. The summed E-state index contributed by atoms with van der Waals surface area (Å²) in [6, 6.07) is 12.6. The maximum Gasteiger partial charge on any atom is 0.194 e. The van der Waals surface area contributed by atoms with E-state index in [1.54, 1.807) is 37.4 Å². The van der Waals surface area contributed by atoms with Gasteiger partial charge in [0.25, 0.3) is 0 Å². The quantitative estimate of drug-likeness (QED) is 0.722. The number of ether oxygens (including phenoxy) is 2. The maximum absolute atomic E-state index is 12.6. The van der Waals surface area contributed by atoms with Crippen molar-refractivity contribution in [1.29, 1.82) is 0 Å². The van der Waals surface area contributed by atoms with Gasteiger partial charge in [-0.1, -0.05) is 19.1 Å². The van der Waals surface area contributed by atoms with Gasteiger partial charge >= 0.3 is 0 Å². The zero-order valence-electron chi connectivity index (χ0n) is 12.1. The molecule has 0 amide bonds. The molecular formula is C17H17BrO3. The van der Waals surface area contributed by atoms with Gasteiger partial charge in [-0.15, -0.1) is 0 Å². The summed E-state index contributed by atoms with van der Waals surface area (Å²) in [5.41, 5.74) is 1.21. The number of benzene rings is 2. The minimum Gasteiger partial charge on any atom is -0.497 e. The fraction of sp³-hybridized carbons (Fsp3) is 0.235. The van der Waals surface area contributed by atoms with E-state index in [0.717, 1.165) is 6.42 Å². The molecule has 21 heavy (non-hydrogen) atoms. The second-order valence-electron chi connectivity index (χ2n) is 4.55. The van der Waals surface area contributed by atoms with Gasteiger partial charge in [-0.25, -0.2) is 0 Å². The summed E-state index contributed by atoms with van der Waals surface area (Å²) in [5, 5.41) is 0. The molecular weight excluding hydrogens is 332 g/mol. The van der Waals surface area contributed by atoms with Gasteiger partial charge in [-0.2, -0.15) is 0 Å². The number of ketones is 1. The van der Waals surface area contributed by atoms with Crippen LogP contribution >= 0.6 is 15.9 Å². The van der Waals surface area contributed by atoms with E-state index < -0.39 is 0 Å². The number of carbonyl (C=O) groups is 1. The molecule has 2 aromatic carbocycles. The van der Waals surface area contributed by atoms with Crippen LogP contribution in [0.1, 0.15) is 29.3 Å². The molecule has 0 bridgehead atoms. The van der Waals surface area contributed by atoms with E-state index in [1.165, 1.54) is 0 Å². The molecule has 0 atom stereocenters. The van der Waals surface area contributed by atoms with Gasteiger partial charge < -0.3 is 9.47 Å². The van der Waals surface area contributed by atoms with Crippen molar-refractivity contribution in [2.45, 2.75) is 13.3 Å². The zero-order valence-corrected chi connectivity index (χ0v) is 13.6. The molecule has 110 valence electrons. The van der Waals surface area contributed by atoms with Gasteiger partial charge in [0.15, 0.2) is 5.78 Å². The summed E-state index contributed by atoms with van der Waals surface area (Å²) >= 11 is 3.41. The summed E-state index contributed by atoms with van der Waals surface area (Å²) in [6.07, 6.45) is 0.933. The van der Waals surface area contributed by atoms with Crippen molar-refractivity contribution in [3.8, 4) is 11.5 Å². The van der Waals surface area contributed by atoms with Gasteiger partial charge in [-0.05, 0) is 52.7 Å². The first-order chi connectivity index (χ1) is 10.2. The second kappa shape index (κ2) is 7.27. The van der Waals surface area contributed by atoms with Crippen LogP contribution in [0.25, 0.3) is 0 Å². The molecule has 0 fully saturated rings. The average Bonchev–Trinajstić information content (AvgIpc) is 2.52. The number of rotatable bonds is 6. The van der Waals surface area contributed by atoms with Crippen molar-refractivity contribution in [3.63, 3.8) is 0 Å². The number of hydrogen-bond acceptors (Lipinski definition) is 3. The van der Waals surface area contributed by atoms with Crippen molar-refractivity contribution in [2.24, 2.45) is 0 Å². The van der Waals surface area contributed by atoms with Crippen LogP contribution in [0.15, 0.2) is 46.9 Å². The molecule has 4 heteroatoms. The topological polar surface area (TPSA) is 35.5 Å². The lowest BCUT2D eigenvalue weighted by molar-refractivity contribution is 0.103. The Morgan fingerprint density at radius 2 is 1.95 bits per heavy atom. The summed E-state index contributed by atoms with van der Waals surface area (Å²) in [7, 11) is 1.60. The molecule has 0 radical (unpaired) electrons. The Hall–Kier alpha value is -1.81. The lowest BCUT2D eigenvalue weighted by Crippen LogP contribution is -2.03. The molecule has 2 aromatic rings. The normalized spacial score (nSPS) is 10.2. The molecule has 0 heterocycles. The Kier molecular flexibility index (Phi) is 5.39. The largest absolute Gasteiger partial charge is 0.497 e. The van der Waals surface area contributed by atoms with E-state index in [9.17, 15) is 4.79 Å². The van der Waals surface area contributed by atoms with Crippen LogP contribution in [-0.4, -0.2) is 19.5 Å². The fourth-order valence-corrected chi connectivity index (χ4v) is 2.45. The highest BCUT2D eigenvalue weighted by Gasteiger charge is 2.14. The number of hydrogen-bond donors (Lipinski definition) is 0. The highest BCUT2D eigenvalue weighted by molar-refractivity contribution is 9.10. The van der Waals surface area contributed by atoms with Gasteiger partial charge in [0.05, 0.1) is 13.7 Å². The Bertz CT molecular complexity index is 638. The Balaban J connectivity index is 2.27. The van der Waals surface area contributed by atoms with Gasteiger partial charge in [-0.3, -0.25) is 4.79 Å². The fourth-order valence-electron chi connectivity index (χ4n) is 1.91. The van der Waals surface area contributed by atoms with Crippen molar-refractivity contribution in [3.05, 3.63) is 58.1 Å². The third-order valence-corrected chi connectivity index (χ3v) is 3.65. The van der Waals surface area contributed by atoms with Crippen molar-refractivity contribution >= 4 is 21.7 Å². The Morgan fingerprint density at radius 1 is 1.14 bits per heavy atom. The van der Waals surface area contributed by atoms with Gasteiger partial charge in [0, 0.05) is 15.6 Å². The Morgan fingerprint density at radius 3 is 2.62 bits per heavy atom. The smallest absolute Gasteiger partial charge is 0.194 e. The minimum atomic E-state index is -0.0496. The predicted molar refractivity (Wildman–Crippen MR) is 86.4 cm³/mol. The van der Waals surface area contributed by atoms with Crippen LogP contribution in [0, 0.1) is 0 Å². The first-order valence-electron chi connectivity index (χ1n) is 6.76. The number of carbonyl (C=O) groups excluding carboxylic acids is 1. The third kappa shape index (κ3) is 3.85. The van der Waals surface area contributed by atoms with E-state index in [0.29, 0.717) is 33.7 Å². The summed E-state index contributed by atoms with van der Waals surface area (Å²) in [6.45, 7) is 2.69. The van der Waals surface area contributed by atoms with Gasteiger partial charge in [0.1, 0.15) is 11.5 Å². The van der Waals surface area contributed by atoms with Crippen molar-refractivity contribution in [1.82, 2.24) is 0 Å². The molecule has 0 aliphatic carbocycles. The van der Waals surface area contributed by atoms with Crippen LogP contribution in [0.5, 0.6) is 11.5 Å². The molecule has 0 aliphatic rings. The first-order valence-corrected chi connectivity index (χ1v) is 7.56. The molecule has 0 aliphatic heterocycles. The van der Waals surface area contributed by atoms with Crippen LogP contribution in [0.4, 0.5) is 0 Å². The minimum absolute atomic E-state index is 0.0496. The molecule has 0 unspecified atom stereocenters. The molecule has 0 N–H and O–H groups in total. The Labute approximate surface area is 133 Å². The predicted octanol–water partition coefficient (Wildman–Crippen LogP) is 4.48. The standard InChI is InChI=1S/C17H17BrO3/c1-3-9-21-14-6-4-5-12(10-14)17(19)15-8-7-13(20-2)11-16(15)18/h4-8,10-11H,3,9H2,1-2H3. The average molecular weight is 349 g/mol. The monoisotopic (exact) mass is 348 g/mol. The lowest BCUT2D eigenvalue weighted by Gasteiger charge is -2.08. The summed E-state index contributed by atoms with van der Waals surface area (Å²) < 4.78 is 11.4. The lowest BCUT2D eigenvalue weighted by atomic mass is 10.0. The SMILES string of the molecule is CCCOc1cccc(C(=O)c2ccc(OC)cc2Br)c1. The van der Waals surface area contributed by atoms with E-state index in [4.69, 9.17) is 9.47 Å².